The lowest BCUT2D eigenvalue weighted by molar-refractivity contribution is -0.153. The number of hydrogen-bond acceptors (Lipinski definition) is 5. The van der Waals surface area contributed by atoms with Gasteiger partial charge in [0.1, 0.15) is 17.2 Å². The van der Waals surface area contributed by atoms with Gasteiger partial charge in [-0.15, -0.1) is 0 Å². The third-order valence-corrected chi connectivity index (χ3v) is 3.71. The molecule has 6 heteroatoms. The Morgan fingerprint density at radius 1 is 0.929 bits per heavy atom. The van der Waals surface area contributed by atoms with Gasteiger partial charge in [-0.05, 0) is 50.2 Å². The summed E-state index contributed by atoms with van der Waals surface area (Å²) in [7, 11) is 0. The smallest absolute Gasteiger partial charge is 0.344 e. The summed E-state index contributed by atoms with van der Waals surface area (Å²) in [6, 6.07) is 16.3. The first-order valence-electron chi connectivity index (χ1n) is 9.01. The van der Waals surface area contributed by atoms with E-state index in [1.807, 2.05) is 44.2 Å². The van der Waals surface area contributed by atoms with Crippen molar-refractivity contribution in [1.82, 2.24) is 4.90 Å². The van der Waals surface area contributed by atoms with Gasteiger partial charge in [-0.25, -0.2) is 4.79 Å². The van der Waals surface area contributed by atoms with Crippen molar-refractivity contribution in [3.05, 3.63) is 66.7 Å². The number of likely N-dealkylation sites (N-methyl/N-ethyl adjacent to an activating group) is 1. The second-order valence-electron chi connectivity index (χ2n) is 6.20. The van der Waals surface area contributed by atoms with Crippen molar-refractivity contribution in [2.24, 2.45) is 0 Å². The highest BCUT2D eigenvalue weighted by Gasteiger charge is 2.14. The van der Waals surface area contributed by atoms with Crippen LogP contribution in [-0.4, -0.2) is 43.1 Å². The molecular formula is C22H25NO5. The number of nitrogens with zero attached hydrogens (tertiary/aromatic N) is 1. The number of carbonyl (C=O) groups is 2. The van der Waals surface area contributed by atoms with E-state index >= 15 is 0 Å². The topological polar surface area (TPSA) is 65.1 Å². The molecule has 0 spiro atoms. The summed E-state index contributed by atoms with van der Waals surface area (Å²) in [5.41, 5.74) is 0.865. The largest absolute Gasteiger partial charge is 0.482 e. The van der Waals surface area contributed by atoms with Crippen LogP contribution in [0.1, 0.15) is 13.8 Å². The summed E-state index contributed by atoms with van der Waals surface area (Å²) >= 11 is 0. The fraction of sp³-hybridized carbons (Fsp3) is 0.273. The van der Waals surface area contributed by atoms with Crippen LogP contribution < -0.4 is 9.47 Å². The molecule has 0 saturated heterocycles. The van der Waals surface area contributed by atoms with E-state index in [0.29, 0.717) is 24.6 Å². The van der Waals surface area contributed by atoms with E-state index in [1.54, 1.807) is 29.2 Å². The van der Waals surface area contributed by atoms with Crippen molar-refractivity contribution >= 4 is 11.9 Å². The van der Waals surface area contributed by atoms with Crippen molar-refractivity contribution in [2.75, 3.05) is 26.3 Å². The van der Waals surface area contributed by atoms with Gasteiger partial charge < -0.3 is 19.1 Å². The van der Waals surface area contributed by atoms with E-state index in [0.717, 1.165) is 11.3 Å². The normalized spacial score (nSPS) is 10.1. The predicted molar refractivity (Wildman–Crippen MR) is 106 cm³/mol. The molecule has 6 nitrogen and oxygen atoms in total. The predicted octanol–water partition coefficient (Wildman–Crippen LogP) is 3.83. The van der Waals surface area contributed by atoms with E-state index < -0.39 is 5.97 Å². The van der Waals surface area contributed by atoms with Crippen LogP contribution in [0.3, 0.4) is 0 Å². The lowest BCUT2D eigenvalue weighted by Gasteiger charge is -2.20. The summed E-state index contributed by atoms with van der Waals surface area (Å²) in [5, 5.41) is 0. The average molecular weight is 383 g/mol. The van der Waals surface area contributed by atoms with Gasteiger partial charge in [0.25, 0.3) is 5.91 Å². The van der Waals surface area contributed by atoms with Crippen LogP contribution in [0.15, 0.2) is 66.7 Å². The first kappa shape index (κ1) is 21.0. The minimum absolute atomic E-state index is 0.263. The van der Waals surface area contributed by atoms with E-state index in [-0.39, 0.29) is 19.1 Å². The minimum Gasteiger partial charge on any atom is -0.482 e. The summed E-state index contributed by atoms with van der Waals surface area (Å²) in [5.74, 6) is 1.02. The Kier molecular flexibility index (Phi) is 8.09. The van der Waals surface area contributed by atoms with Crippen LogP contribution in [-0.2, 0) is 14.3 Å². The first-order valence-corrected chi connectivity index (χ1v) is 9.01. The maximum atomic E-state index is 12.0. The Bertz CT molecular complexity index is 786. The maximum Gasteiger partial charge on any atom is 0.344 e. The molecule has 0 saturated carbocycles. The third-order valence-electron chi connectivity index (χ3n) is 3.71. The molecule has 0 N–H and O–H groups in total. The Hall–Kier alpha value is -3.28. The van der Waals surface area contributed by atoms with Crippen molar-refractivity contribution in [1.29, 1.82) is 0 Å². The Morgan fingerprint density at radius 3 is 2.14 bits per heavy atom. The number of rotatable bonds is 10. The standard InChI is InChI=1S/C22H25NO5/c1-4-23(14-17(2)3)21(24)15-27-22(25)16-26-18-10-12-20(13-11-18)28-19-8-6-5-7-9-19/h5-13H,2,4,14-16H2,1,3H3. The lowest BCUT2D eigenvalue weighted by atomic mass is 10.3. The molecule has 0 radical (unpaired) electrons. The summed E-state index contributed by atoms with van der Waals surface area (Å²) < 4.78 is 16.1. The molecule has 0 aliphatic rings. The van der Waals surface area contributed by atoms with Crippen molar-refractivity contribution < 1.29 is 23.8 Å². The van der Waals surface area contributed by atoms with E-state index in [1.165, 1.54) is 0 Å². The number of amides is 1. The highest BCUT2D eigenvalue weighted by atomic mass is 16.6. The number of ether oxygens (including phenoxy) is 3. The van der Waals surface area contributed by atoms with Gasteiger partial charge in [-0.2, -0.15) is 0 Å². The number of carbonyl (C=O) groups excluding carboxylic acids is 2. The molecule has 2 rings (SSSR count). The highest BCUT2D eigenvalue weighted by molar-refractivity contribution is 5.81. The summed E-state index contributed by atoms with van der Waals surface area (Å²) in [6.45, 7) is 7.86. The second kappa shape index (κ2) is 10.8. The van der Waals surface area contributed by atoms with E-state index in [4.69, 9.17) is 14.2 Å². The second-order valence-corrected chi connectivity index (χ2v) is 6.20. The number of esters is 1. The van der Waals surface area contributed by atoms with E-state index in [2.05, 4.69) is 6.58 Å². The van der Waals surface area contributed by atoms with Gasteiger partial charge in [0.15, 0.2) is 13.2 Å². The number of para-hydroxylation sites is 1. The van der Waals surface area contributed by atoms with Gasteiger partial charge >= 0.3 is 5.97 Å². The molecule has 0 fully saturated rings. The fourth-order valence-electron chi connectivity index (χ4n) is 2.35. The minimum atomic E-state index is -0.607. The van der Waals surface area contributed by atoms with Crippen LogP contribution >= 0.6 is 0 Å². The van der Waals surface area contributed by atoms with Gasteiger partial charge in [0.2, 0.25) is 0 Å². The molecule has 0 aliphatic heterocycles. The zero-order chi connectivity index (χ0) is 20.4. The Balaban J connectivity index is 1.75. The van der Waals surface area contributed by atoms with Gasteiger partial charge in [-0.3, -0.25) is 4.79 Å². The Morgan fingerprint density at radius 2 is 1.54 bits per heavy atom. The van der Waals surface area contributed by atoms with Gasteiger partial charge in [0, 0.05) is 13.1 Å². The molecule has 2 aromatic rings. The maximum absolute atomic E-state index is 12.0. The number of hydrogen-bond donors (Lipinski definition) is 0. The monoisotopic (exact) mass is 383 g/mol. The molecule has 148 valence electrons. The summed E-state index contributed by atoms with van der Waals surface area (Å²) in [6.07, 6.45) is 0. The average Bonchev–Trinajstić information content (AvgIpc) is 2.70. The third kappa shape index (κ3) is 7.15. The van der Waals surface area contributed by atoms with Crippen LogP contribution in [0.2, 0.25) is 0 Å². The molecule has 0 heterocycles. The molecular weight excluding hydrogens is 358 g/mol. The summed E-state index contributed by atoms with van der Waals surface area (Å²) in [4.78, 5) is 25.4. The molecule has 0 bridgehead atoms. The molecule has 0 aliphatic carbocycles. The van der Waals surface area contributed by atoms with Gasteiger partial charge in [0.05, 0.1) is 0 Å². The molecule has 0 aromatic heterocycles. The van der Waals surface area contributed by atoms with Crippen LogP contribution in [0.5, 0.6) is 17.2 Å². The molecule has 2 aromatic carbocycles. The van der Waals surface area contributed by atoms with Crippen LogP contribution in [0.4, 0.5) is 0 Å². The van der Waals surface area contributed by atoms with Crippen LogP contribution in [0.25, 0.3) is 0 Å². The van der Waals surface area contributed by atoms with Crippen molar-refractivity contribution in [2.45, 2.75) is 13.8 Å². The molecule has 1 amide bonds. The Labute approximate surface area is 165 Å². The zero-order valence-electron chi connectivity index (χ0n) is 16.2. The van der Waals surface area contributed by atoms with Crippen LogP contribution in [0, 0.1) is 0 Å². The van der Waals surface area contributed by atoms with Gasteiger partial charge in [-0.1, -0.05) is 30.4 Å². The molecule has 0 atom stereocenters. The fourth-order valence-corrected chi connectivity index (χ4v) is 2.35. The van der Waals surface area contributed by atoms with Crippen molar-refractivity contribution in [3.8, 4) is 17.2 Å². The highest BCUT2D eigenvalue weighted by Crippen LogP contribution is 2.23. The molecule has 28 heavy (non-hydrogen) atoms. The van der Waals surface area contributed by atoms with E-state index in [9.17, 15) is 9.59 Å². The lowest BCUT2D eigenvalue weighted by Crippen LogP contribution is -2.36. The number of benzene rings is 2. The zero-order valence-corrected chi connectivity index (χ0v) is 16.2. The molecule has 0 unspecified atom stereocenters. The van der Waals surface area contributed by atoms with Crippen molar-refractivity contribution in [3.63, 3.8) is 0 Å². The quantitative estimate of drug-likeness (QED) is 0.461. The first-order chi connectivity index (χ1) is 13.5. The SMILES string of the molecule is C=C(C)CN(CC)C(=O)COC(=O)COc1ccc(Oc2ccccc2)cc1.